The van der Waals surface area contributed by atoms with Crippen LogP contribution < -0.4 is 0 Å². The van der Waals surface area contributed by atoms with Gasteiger partial charge in [-0.15, -0.1) is 0 Å². The van der Waals surface area contributed by atoms with E-state index >= 15 is 0 Å². The Morgan fingerprint density at radius 1 is 0.926 bits per heavy atom. The molecule has 2 aromatic rings. The zero-order chi connectivity index (χ0) is 19.6. The average molecular weight is 398 g/mol. The van der Waals surface area contributed by atoms with Crippen LogP contribution in [0.15, 0.2) is 47.4 Å². The Morgan fingerprint density at radius 3 is 2.26 bits per heavy atom. The topological polar surface area (TPSA) is 57.7 Å². The van der Waals surface area contributed by atoms with Crippen molar-refractivity contribution in [3.05, 3.63) is 65.5 Å². The number of carbonyl (C=O) groups is 1. The lowest BCUT2D eigenvalue weighted by Gasteiger charge is -2.34. The summed E-state index contributed by atoms with van der Waals surface area (Å²) >= 11 is 0. The van der Waals surface area contributed by atoms with E-state index in [2.05, 4.69) is 0 Å². The SMILES string of the molecule is O=C(Cc1ccccc1F)N1CCN(S(=O)(=O)c2cc(F)ccc2F)CC1. The second-order valence-corrected chi connectivity index (χ2v) is 8.03. The third-order valence-corrected chi connectivity index (χ3v) is 6.32. The predicted molar refractivity (Wildman–Crippen MR) is 91.8 cm³/mol. The Morgan fingerprint density at radius 2 is 1.59 bits per heavy atom. The van der Waals surface area contributed by atoms with Crippen molar-refractivity contribution in [2.24, 2.45) is 0 Å². The van der Waals surface area contributed by atoms with Crippen LogP contribution in [0.3, 0.4) is 0 Å². The minimum absolute atomic E-state index is 0.0543. The lowest BCUT2D eigenvalue weighted by Crippen LogP contribution is -2.51. The molecule has 1 amide bonds. The van der Waals surface area contributed by atoms with Gasteiger partial charge in [-0.25, -0.2) is 21.6 Å². The average Bonchev–Trinajstić information content (AvgIpc) is 2.65. The number of benzene rings is 2. The summed E-state index contributed by atoms with van der Waals surface area (Å²) in [6, 6.07) is 8.17. The fourth-order valence-electron chi connectivity index (χ4n) is 2.91. The molecule has 0 N–H and O–H groups in total. The van der Waals surface area contributed by atoms with Crippen molar-refractivity contribution >= 4 is 15.9 Å². The molecule has 2 aromatic carbocycles. The summed E-state index contributed by atoms with van der Waals surface area (Å²) < 4.78 is 66.9. The van der Waals surface area contributed by atoms with Crippen molar-refractivity contribution in [3.8, 4) is 0 Å². The zero-order valence-electron chi connectivity index (χ0n) is 14.2. The Balaban J connectivity index is 1.67. The van der Waals surface area contributed by atoms with E-state index in [1.165, 1.54) is 23.1 Å². The van der Waals surface area contributed by atoms with Gasteiger partial charge in [0.15, 0.2) is 0 Å². The van der Waals surface area contributed by atoms with Crippen LogP contribution in [0.2, 0.25) is 0 Å². The van der Waals surface area contributed by atoms with E-state index in [9.17, 15) is 26.4 Å². The first kappa shape index (κ1) is 19.4. The molecule has 0 aromatic heterocycles. The molecule has 0 bridgehead atoms. The van der Waals surface area contributed by atoms with Crippen LogP contribution in [0, 0.1) is 17.5 Å². The molecule has 1 aliphatic rings. The third kappa shape index (κ3) is 4.14. The van der Waals surface area contributed by atoms with E-state index in [1.54, 1.807) is 6.07 Å². The highest BCUT2D eigenvalue weighted by Gasteiger charge is 2.32. The number of hydrogen-bond donors (Lipinski definition) is 0. The molecule has 5 nitrogen and oxygen atoms in total. The number of rotatable bonds is 4. The van der Waals surface area contributed by atoms with Crippen molar-refractivity contribution < 1.29 is 26.4 Å². The number of hydrogen-bond acceptors (Lipinski definition) is 3. The van der Waals surface area contributed by atoms with Gasteiger partial charge in [-0.1, -0.05) is 18.2 Å². The maximum Gasteiger partial charge on any atom is 0.246 e. The molecule has 1 fully saturated rings. The first-order valence-electron chi connectivity index (χ1n) is 8.25. The predicted octanol–water partition coefficient (Wildman–Crippen LogP) is 2.18. The van der Waals surface area contributed by atoms with Gasteiger partial charge in [-0.3, -0.25) is 4.79 Å². The summed E-state index contributed by atoms with van der Waals surface area (Å²) in [5.41, 5.74) is 0.263. The monoisotopic (exact) mass is 398 g/mol. The second kappa shape index (κ2) is 7.69. The van der Waals surface area contributed by atoms with E-state index < -0.39 is 32.4 Å². The highest BCUT2D eigenvalue weighted by Crippen LogP contribution is 2.22. The maximum atomic E-state index is 13.8. The first-order valence-corrected chi connectivity index (χ1v) is 9.69. The fourth-order valence-corrected chi connectivity index (χ4v) is 4.41. The number of sulfonamides is 1. The van der Waals surface area contributed by atoms with E-state index in [0.29, 0.717) is 6.07 Å². The van der Waals surface area contributed by atoms with E-state index in [0.717, 1.165) is 16.4 Å². The molecular weight excluding hydrogens is 381 g/mol. The maximum absolute atomic E-state index is 13.8. The standard InChI is InChI=1S/C18H17F3N2O3S/c19-14-5-6-16(21)17(12-14)27(25,26)23-9-7-22(8-10-23)18(24)11-13-3-1-2-4-15(13)20/h1-6,12H,7-11H2. The minimum Gasteiger partial charge on any atom is -0.340 e. The van der Waals surface area contributed by atoms with Crippen LogP contribution in [-0.4, -0.2) is 49.7 Å². The molecule has 0 unspecified atom stereocenters. The van der Waals surface area contributed by atoms with Crippen LogP contribution in [0.4, 0.5) is 13.2 Å². The highest BCUT2D eigenvalue weighted by molar-refractivity contribution is 7.89. The zero-order valence-corrected chi connectivity index (χ0v) is 15.1. The molecule has 0 atom stereocenters. The second-order valence-electron chi connectivity index (χ2n) is 6.13. The summed E-state index contributed by atoms with van der Waals surface area (Å²) in [6.07, 6.45) is -0.127. The molecule has 0 spiro atoms. The molecule has 27 heavy (non-hydrogen) atoms. The van der Waals surface area contributed by atoms with Gasteiger partial charge in [0.05, 0.1) is 6.42 Å². The molecule has 144 valence electrons. The largest absolute Gasteiger partial charge is 0.340 e. The summed E-state index contributed by atoms with van der Waals surface area (Å²) in [5, 5.41) is 0. The molecule has 1 heterocycles. The van der Waals surface area contributed by atoms with Crippen molar-refractivity contribution in [1.82, 2.24) is 9.21 Å². The number of carbonyl (C=O) groups excluding carboxylic acids is 1. The van der Waals surface area contributed by atoms with E-state index in [1.807, 2.05) is 0 Å². The van der Waals surface area contributed by atoms with Crippen molar-refractivity contribution in [1.29, 1.82) is 0 Å². The van der Waals surface area contributed by atoms with Crippen LogP contribution >= 0.6 is 0 Å². The molecular formula is C18H17F3N2O3S. The van der Waals surface area contributed by atoms with Crippen LogP contribution in [0.5, 0.6) is 0 Å². The number of piperazine rings is 1. The number of nitrogens with zero attached hydrogens (tertiary/aromatic N) is 2. The van der Waals surface area contributed by atoms with Crippen molar-refractivity contribution in [2.75, 3.05) is 26.2 Å². The van der Waals surface area contributed by atoms with Gasteiger partial charge >= 0.3 is 0 Å². The van der Waals surface area contributed by atoms with Crippen molar-refractivity contribution in [2.45, 2.75) is 11.3 Å². The summed E-state index contributed by atoms with van der Waals surface area (Å²) in [4.78, 5) is 13.0. The van der Waals surface area contributed by atoms with Gasteiger partial charge in [0.2, 0.25) is 15.9 Å². The Labute approximate surface area is 155 Å². The quantitative estimate of drug-likeness (QED) is 0.793. The third-order valence-electron chi connectivity index (χ3n) is 4.40. The van der Waals surface area contributed by atoms with Gasteiger partial charge in [0.25, 0.3) is 0 Å². The lowest BCUT2D eigenvalue weighted by molar-refractivity contribution is -0.131. The molecule has 0 saturated carbocycles. The van der Waals surface area contributed by atoms with E-state index in [4.69, 9.17) is 0 Å². The molecule has 1 aliphatic heterocycles. The van der Waals surface area contributed by atoms with Crippen molar-refractivity contribution in [3.63, 3.8) is 0 Å². The highest BCUT2D eigenvalue weighted by atomic mass is 32.2. The summed E-state index contributed by atoms with van der Waals surface area (Å²) in [7, 11) is -4.21. The number of amides is 1. The minimum atomic E-state index is -4.21. The lowest BCUT2D eigenvalue weighted by atomic mass is 10.1. The first-order chi connectivity index (χ1) is 12.8. The summed E-state index contributed by atoms with van der Waals surface area (Å²) in [5.74, 6) is -2.69. The van der Waals surface area contributed by atoms with E-state index in [-0.39, 0.29) is 44.1 Å². The molecule has 0 aliphatic carbocycles. The van der Waals surface area contributed by atoms with Gasteiger partial charge in [0.1, 0.15) is 22.3 Å². The molecule has 0 radical (unpaired) electrons. The Hall–Kier alpha value is -2.39. The van der Waals surface area contributed by atoms with Gasteiger partial charge in [-0.05, 0) is 29.8 Å². The molecule has 9 heteroatoms. The Kier molecular flexibility index (Phi) is 5.52. The normalized spacial score (nSPS) is 15.7. The Bertz CT molecular complexity index is 958. The molecule has 3 rings (SSSR count). The van der Waals surface area contributed by atoms with Crippen LogP contribution in [-0.2, 0) is 21.2 Å². The van der Waals surface area contributed by atoms with Gasteiger partial charge in [0, 0.05) is 26.2 Å². The van der Waals surface area contributed by atoms with Gasteiger partial charge in [-0.2, -0.15) is 4.31 Å². The molecule has 1 saturated heterocycles. The van der Waals surface area contributed by atoms with Crippen LogP contribution in [0.1, 0.15) is 5.56 Å². The smallest absolute Gasteiger partial charge is 0.246 e. The van der Waals surface area contributed by atoms with Gasteiger partial charge < -0.3 is 4.90 Å². The van der Waals surface area contributed by atoms with Crippen LogP contribution in [0.25, 0.3) is 0 Å². The summed E-state index contributed by atoms with van der Waals surface area (Å²) in [6.45, 7) is 0.0650. The number of halogens is 3. The fraction of sp³-hybridized carbons (Fsp3) is 0.278.